The minimum absolute atomic E-state index is 0.134. The van der Waals surface area contributed by atoms with Crippen LogP contribution < -0.4 is 5.32 Å². The number of rotatable bonds is 5. The first-order valence-electron chi connectivity index (χ1n) is 6.85. The van der Waals surface area contributed by atoms with Crippen molar-refractivity contribution in [1.82, 2.24) is 5.32 Å². The Morgan fingerprint density at radius 3 is 3.05 bits per heavy atom. The lowest BCUT2D eigenvalue weighted by Crippen LogP contribution is -2.43. The second kappa shape index (κ2) is 7.02. The average Bonchev–Trinajstić information content (AvgIpc) is 2.41. The van der Waals surface area contributed by atoms with Gasteiger partial charge in [0.15, 0.2) is 0 Å². The van der Waals surface area contributed by atoms with Crippen molar-refractivity contribution in [2.24, 2.45) is 5.92 Å². The molecule has 2 atom stereocenters. The Morgan fingerprint density at radius 2 is 2.35 bits per heavy atom. The Kier molecular flexibility index (Phi) is 5.34. The topological polar surface area (TPSA) is 64.4 Å². The van der Waals surface area contributed by atoms with E-state index < -0.39 is 0 Å². The molecule has 0 amide bonds. The maximum absolute atomic E-state index is 11.1. The molecule has 1 heterocycles. The number of ether oxygens (including phenoxy) is 1. The standard InChI is InChI=1S/C14H19ClN2O3/c1-2-16-13-5-6-20-9-11(13)7-10-8-12(15)3-4-14(10)17(18)19/h3-4,8,11,13,16H,2,5-7,9H2,1H3. The van der Waals surface area contributed by atoms with E-state index in [1.165, 1.54) is 6.07 Å². The number of nitrogens with one attached hydrogen (secondary N) is 1. The fourth-order valence-corrected chi connectivity index (χ4v) is 2.90. The third-order valence-corrected chi connectivity index (χ3v) is 3.90. The van der Waals surface area contributed by atoms with Crippen molar-refractivity contribution in [3.8, 4) is 0 Å². The van der Waals surface area contributed by atoms with Crippen LogP contribution in [-0.2, 0) is 11.2 Å². The summed E-state index contributed by atoms with van der Waals surface area (Å²) in [7, 11) is 0. The van der Waals surface area contributed by atoms with Crippen LogP contribution in [0.3, 0.4) is 0 Å². The van der Waals surface area contributed by atoms with Gasteiger partial charge in [-0.25, -0.2) is 0 Å². The van der Waals surface area contributed by atoms with Crippen molar-refractivity contribution in [3.05, 3.63) is 38.9 Å². The Morgan fingerprint density at radius 1 is 1.55 bits per heavy atom. The van der Waals surface area contributed by atoms with Gasteiger partial charge in [-0.3, -0.25) is 10.1 Å². The molecule has 20 heavy (non-hydrogen) atoms. The van der Waals surface area contributed by atoms with E-state index in [9.17, 15) is 10.1 Å². The highest BCUT2D eigenvalue weighted by molar-refractivity contribution is 6.30. The Labute approximate surface area is 123 Å². The zero-order valence-electron chi connectivity index (χ0n) is 11.5. The molecule has 2 rings (SSSR count). The summed E-state index contributed by atoms with van der Waals surface area (Å²) in [6.07, 6.45) is 1.54. The lowest BCUT2D eigenvalue weighted by Gasteiger charge is -2.32. The maximum atomic E-state index is 11.1. The number of nitrogens with zero attached hydrogens (tertiary/aromatic N) is 1. The van der Waals surface area contributed by atoms with Gasteiger partial charge < -0.3 is 10.1 Å². The van der Waals surface area contributed by atoms with E-state index >= 15 is 0 Å². The van der Waals surface area contributed by atoms with Gasteiger partial charge in [0, 0.05) is 35.2 Å². The van der Waals surface area contributed by atoms with Gasteiger partial charge in [0.25, 0.3) is 5.69 Å². The van der Waals surface area contributed by atoms with Gasteiger partial charge in [0.2, 0.25) is 0 Å². The lowest BCUT2D eigenvalue weighted by atomic mass is 9.89. The van der Waals surface area contributed by atoms with Crippen LogP contribution in [0.1, 0.15) is 18.9 Å². The molecule has 0 aliphatic carbocycles. The zero-order chi connectivity index (χ0) is 14.5. The normalized spacial score (nSPS) is 22.7. The molecule has 1 fully saturated rings. The summed E-state index contributed by atoms with van der Waals surface area (Å²) in [5.74, 6) is 0.237. The third-order valence-electron chi connectivity index (χ3n) is 3.66. The predicted molar refractivity (Wildman–Crippen MR) is 78.2 cm³/mol. The number of benzene rings is 1. The molecule has 0 bridgehead atoms. The Balaban J connectivity index is 2.18. The van der Waals surface area contributed by atoms with E-state index in [0.717, 1.165) is 19.6 Å². The Bertz CT molecular complexity index is 479. The van der Waals surface area contributed by atoms with Crippen LogP contribution in [0, 0.1) is 16.0 Å². The quantitative estimate of drug-likeness (QED) is 0.670. The van der Waals surface area contributed by atoms with E-state index in [-0.39, 0.29) is 16.5 Å². The average molecular weight is 299 g/mol. The summed E-state index contributed by atoms with van der Waals surface area (Å²) in [6, 6.07) is 5.07. The number of hydrogen-bond acceptors (Lipinski definition) is 4. The SMILES string of the molecule is CCNC1CCOCC1Cc1cc(Cl)ccc1[N+](=O)[O-]. The second-order valence-corrected chi connectivity index (χ2v) is 5.46. The van der Waals surface area contributed by atoms with Crippen LogP contribution in [0.4, 0.5) is 5.69 Å². The molecule has 110 valence electrons. The molecule has 1 N–H and O–H groups in total. The molecule has 5 nitrogen and oxygen atoms in total. The first-order valence-corrected chi connectivity index (χ1v) is 7.23. The number of nitro groups is 1. The van der Waals surface area contributed by atoms with Gasteiger partial charge in [-0.2, -0.15) is 0 Å². The molecule has 1 aromatic rings. The van der Waals surface area contributed by atoms with Crippen molar-refractivity contribution < 1.29 is 9.66 Å². The fourth-order valence-electron chi connectivity index (χ4n) is 2.71. The molecule has 1 aliphatic heterocycles. The molecule has 6 heteroatoms. The molecule has 0 radical (unpaired) electrons. The second-order valence-electron chi connectivity index (χ2n) is 5.02. The van der Waals surface area contributed by atoms with Crippen molar-refractivity contribution in [1.29, 1.82) is 0 Å². The summed E-state index contributed by atoms with van der Waals surface area (Å²) in [5, 5.41) is 15.1. The van der Waals surface area contributed by atoms with Gasteiger partial charge in [-0.1, -0.05) is 18.5 Å². The molecule has 1 aromatic carbocycles. The van der Waals surface area contributed by atoms with Crippen LogP contribution >= 0.6 is 11.6 Å². The summed E-state index contributed by atoms with van der Waals surface area (Å²) in [5.41, 5.74) is 0.816. The van der Waals surface area contributed by atoms with Crippen LogP contribution in [0.15, 0.2) is 18.2 Å². The molecule has 2 unspecified atom stereocenters. The van der Waals surface area contributed by atoms with Crippen LogP contribution in [0.25, 0.3) is 0 Å². The van der Waals surface area contributed by atoms with Gasteiger partial charge >= 0.3 is 0 Å². The van der Waals surface area contributed by atoms with E-state index in [1.54, 1.807) is 12.1 Å². The van der Waals surface area contributed by atoms with Crippen molar-refractivity contribution >= 4 is 17.3 Å². The van der Waals surface area contributed by atoms with Gasteiger partial charge in [-0.05, 0) is 31.5 Å². The maximum Gasteiger partial charge on any atom is 0.272 e. The largest absolute Gasteiger partial charge is 0.381 e. The molecule has 0 aromatic heterocycles. The van der Waals surface area contributed by atoms with E-state index in [2.05, 4.69) is 12.2 Å². The molecule has 0 saturated carbocycles. The van der Waals surface area contributed by atoms with Crippen molar-refractivity contribution in [3.63, 3.8) is 0 Å². The summed E-state index contributed by atoms with van der Waals surface area (Å²) in [4.78, 5) is 10.7. The van der Waals surface area contributed by atoms with Gasteiger partial charge in [-0.15, -0.1) is 0 Å². The smallest absolute Gasteiger partial charge is 0.272 e. The highest BCUT2D eigenvalue weighted by Gasteiger charge is 2.27. The highest BCUT2D eigenvalue weighted by Crippen LogP contribution is 2.28. The molecule has 1 aliphatic rings. The first-order chi connectivity index (χ1) is 9.61. The van der Waals surface area contributed by atoms with E-state index in [0.29, 0.717) is 29.7 Å². The highest BCUT2D eigenvalue weighted by atomic mass is 35.5. The van der Waals surface area contributed by atoms with Gasteiger partial charge in [0.05, 0.1) is 11.5 Å². The molecular weight excluding hydrogens is 280 g/mol. The van der Waals surface area contributed by atoms with E-state index in [4.69, 9.17) is 16.3 Å². The van der Waals surface area contributed by atoms with E-state index in [1.807, 2.05) is 0 Å². The minimum Gasteiger partial charge on any atom is -0.381 e. The molecule has 0 spiro atoms. The number of halogens is 1. The van der Waals surface area contributed by atoms with Crippen molar-refractivity contribution in [2.75, 3.05) is 19.8 Å². The number of nitro benzene ring substituents is 1. The Hall–Kier alpha value is -1.17. The first kappa shape index (κ1) is 15.2. The van der Waals surface area contributed by atoms with Crippen LogP contribution in [0.5, 0.6) is 0 Å². The minimum atomic E-state index is -0.350. The monoisotopic (exact) mass is 298 g/mol. The lowest BCUT2D eigenvalue weighted by molar-refractivity contribution is -0.385. The summed E-state index contributed by atoms with van der Waals surface area (Å²) >= 11 is 5.97. The number of hydrogen-bond donors (Lipinski definition) is 1. The molecular formula is C14H19ClN2O3. The fraction of sp³-hybridized carbons (Fsp3) is 0.571. The zero-order valence-corrected chi connectivity index (χ0v) is 12.2. The molecule has 1 saturated heterocycles. The van der Waals surface area contributed by atoms with Crippen LogP contribution in [0.2, 0.25) is 5.02 Å². The third kappa shape index (κ3) is 3.69. The van der Waals surface area contributed by atoms with Gasteiger partial charge in [0.1, 0.15) is 0 Å². The van der Waals surface area contributed by atoms with Crippen LogP contribution in [-0.4, -0.2) is 30.7 Å². The summed E-state index contributed by atoms with van der Waals surface area (Å²) < 4.78 is 5.52. The predicted octanol–water partition coefficient (Wildman–Crippen LogP) is 2.81. The van der Waals surface area contributed by atoms with Crippen molar-refractivity contribution in [2.45, 2.75) is 25.8 Å². The summed E-state index contributed by atoms with van der Waals surface area (Å²) in [6.45, 7) is 4.32.